The number of benzene rings is 1. The first-order valence-electron chi connectivity index (χ1n) is 11.8. The molecule has 3 aromatic heterocycles. The number of fused-ring (bicyclic) bond motifs is 2. The van der Waals surface area contributed by atoms with Crippen molar-refractivity contribution in [2.75, 3.05) is 5.32 Å². The Morgan fingerprint density at radius 3 is 2.91 bits per heavy atom. The second-order valence-electron chi connectivity index (χ2n) is 9.48. The second-order valence-corrected chi connectivity index (χ2v) is 9.84. The molecule has 8 nitrogen and oxygen atoms in total. The first kappa shape index (κ1) is 21.9. The molecule has 0 saturated heterocycles. The van der Waals surface area contributed by atoms with Gasteiger partial charge in [0.1, 0.15) is 6.04 Å². The normalized spacial score (nSPS) is 17.8. The van der Waals surface area contributed by atoms with Crippen LogP contribution >= 0.6 is 11.6 Å². The number of aryl methyl sites for hydroxylation is 1. The zero-order valence-corrected chi connectivity index (χ0v) is 20.0. The van der Waals surface area contributed by atoms with Crippen LogP contribution in [-0.2, 0) is 23.3 Å². The Hall–Kier alpha value is -3.65. The van der Waals surface area contributed by atoms with Crippen molar-refractivity contribution in [3.05, 3.63) is 86.8 Å². The van der Waals surface area contributed by atoms with E-state index in [-0.39, 0.29) is 28.0 Å². The molecular weight excluding hydrogens is 464 g/mol. The Bertz CT molecular complexity index is 1490. The zero-order valence-electron chi connectivity index (χ0n) is 19.3. The van der Waals surface area contributed by atoms with E-state index in [9.17, 15) is 9.59 Å². The maximum atomic E-state index is 13.5. The van der Waals surface area contributed by atoms with Gasteiger partial charge in [-0.3, -0.25) is 19.1 Å². The molecule has 0 unspecified atom stereocenters. The Labute approximate surface area is 206 Å². The van der Waals surface area contributed by atoms with Crippen molar-refractivity contribution in [3.8, 4) is 0 Å². The third-order valence-electron chi connectivity index (χ3n) is 7.04. The van der Waals surface area contributed by atoms with E-state index < -0.39 is 6.04 Å². The summed E-state index contributed by atoms with van der Waals surface area (Å²) in [4.78, 5) is 38.5. The molecule has 1 aliphatic carbocycles. The van der Waals surface area contributed by atoms with Gasteiger partial charge in [0.15, 0.2) is 11.0 Å². The summed E-state index contributed by atoms with van der Waals surface area (Å²) in [6, 6.07) is 11.5. The van der Waals surface area contributed by atoms with Crippen molar-refractivity contribution in [2.24, 2.45) is 0 Å². The van der Waals surface area contributed by atoms with Crippen LogP contribution < -0.4 is 16.2 Å². The largest absolute Gasteiger partial charge is 0.357 e. The van der Waals surface area contributed by atoms with E-state index in [1.807, 2.05) is 18.2 Å². The maximum Gasteiger partial charge on any atom is 0.294 e. The third-order valence-corrected chi connectivity index (χ3v) is 7.34. The van der Waals surface area contributed by atoms with Crippen molar-refractivity contribution in [2.45, 2.75) is 50.7 Å². The predicted molar refractivity (Wildman–Crippen MR) is 135 cm³/mol. The standard InChI is InChI=1S/C26H25ClN6O2/c1-15-3-2-4-17(11-15)26(8-9-26)32-23-25(35)33-20(22(27)31-23)5-6-21(33)24(34)29-14-18-12-16-13-28-10-7-19(16)30-18/h2-4,7,10-13,21,30H,5-6,8-9,14H2,1H3,(H,29,34)(H,31,32)/t21-/m0/s1. The van der Waals surface area contributed by atoms with Crippen molar-refractivity contribution < 1.29 is 4.79 Å². The van der Waals surface area contributed by atoms with Crippen LogP contribution in [0, 0.1) is 6.92 Å². The van der Waals surface area contributed by atoms with Gasteiger partial charge in [-0.1, -0.05) is 41.4 Å². The fourth-order valence-corrected chi connectivity index (χ4v) is 5.31. The molecule has 1 atom stereocenters. The lowest BCUT2D eigenvalue weighted by Gasteiger charge is -2.21. The first-order chi connectivity index (χ1) is 16.9. The van der Waals surface area contributed by atoms with Crippen molar-refractivity contribution >= 4 is 34.2 Å². The van der Waals surface area contributed by atoms with Crippen molar-refractivity contribution in [3.63, 3.8) is 0 Å². The molecule has 6 rings (SSSR count). The molecule has 9 heteroatoms. The second kappa shape index (κ2) is 8.23. The van der Waals surface area contributed by atoms with E-state index >= 15 is 0 Å². The highest BCUT2D eigenvalue weighted by Crippen LogP contribution is 2.48. The van der Waals surface area contributed by atoms with Gasteiger partial charge in [-0.05, 0) is 50.3 Å². The molecule has 1 aliphatic heterocycles. The van der Waals surface area contributed by atoms with Gasteiger partial charge >= 0.3 is 0 Å². The van der Waals surface area contributed by atoms with Crippen LogP contribution in [0.3, 0.4) is 0 Å². The average molecular weight is 489 g/mol. The number of anilines is 1. The minimum atomic E-state index is -0.626. The molecule has 1 amide bonds. The lowest BCUT2D eigenvalue weighted by Crippen LogP contribution is -2.37. The molecule has 3 N–H and O–H groups in total. The summed E-state index contributed by atoms with van der Waals surface area (Å²) < 4.78 is 1.52. The van der Waals surface area contributed by atoms with Crippen LogP contribution in [0.4, 0.5) is 5.82 Å². The summed E-state index contributed by atoms with van der Waals surface area (Å²) in [5, 5.41) is 7.59. The molecule has 4 heterocycles. The smallest absolute Gasteiger partial charge is 0.294 e. The number of H-pyrrole nitrogens is 1. The quantitative estimate of drug-likeness (QED) is 0.380. The summed E-state index contributed by atoms with van der Waals surface area (Å²) in [5.41, 5.74) is 4.10. The molecule has 1 fully saturated rings. The van der Waals surface area contributed by atoms with Gasteiger partial charge in [0.2, 0.25) is 5.91 Å². The van der Waals surface area contributed by atoms with E-state index in [0.717, 1.165) is 40.6 Å². The number of hydrogen-bond acceptors (Lipinski definition) is 5. The molecule has 1 saturated carbocycles. The zero-order chi connectivity index (χ0) is 24.2. The topological polar surface area (TPSA) is 105 Å². The molecule has 0 bridgehead atoms. The lowest BCUT2D eigenvalue weighted by molar-refractivity contribution is -0.124. The van der Waals surface area contributed by atoms with Crippen LogP contribution in [0.1, 0.15) is 47.8 Å². The number of hydrogen-bond donors (Lipinski definition) is 3. The SMILES string of the molecule is Cc1cccc(C2(Nc3nc(Cl)c4n(c3=O)[C@H](C(=O)NCc3cc5cnccc5[nH]3)CC4)CC2)c1. The lowest BCUT2D eigenvalue weighted by atomic mass is 10.0. The number of amides is 1. The van der Waals surface area contributed by atoms with Gasteiger partial charge in [-0.25, -0.2) is 4.98 Å². The number of aromatic amines is 1. The van der Waals surface area contributed by atoms with E-state index in [2.05, 4.69) is 50.7 Å². The summed E-state index contributed by atoms with van der Waals surface area (Å²) in [5.74, 6) is -0.0174. The Morgan fingerprint density at radius 1 is 1.29 bits per heavy atom. The van der Waals surface area contributed by atoms with Gasteiger partial charge in [0, 0.05) is 29.0 Å². The van der Waals surface area contributed by atoms with Crippen molar-refractivity contribution in [1.82, 2.24) is 24.8 Å². The van der Waals surface area contributed by atoms with E-state index in [1.54, 1.807) is 12.4 Å². The summed E-state index contributed by atoms with van der Waals surface area (Å²) in [7, 11) is 0. The molecule has 2 aliphatic rings. The van der Waals surface area contributed by atoms with Crippen LogP contribution in [0.25, 0.3) is 10.9 Å². The summed E-state index contributed by atoms with van der Waals surface area (Å²) in [6.45, 7) is 2.38. The number of aromatic nitrogens is 4. The Balaban J connectivity index is 1.25. The van der Waals surface area contributed by atoms with Gasteiger partial charge < -0.3 is 15.6 Å². The number of carbonyl (C=O) groups is 1. The number of halogens is 1. The van der Waals surface area contributed by atoms with E-state index in [4.69, 9.17) is 11.6 Å². The number of carbonyl (C=O) groups excluding carboxylic acids is 1. The molecule has 0 radical (unpaired) electrons. The number of pyridine rings is 1. The molecule has 178 valence electrons. The number of nitrogens with zero attached hydrogens (tertiary/aromatic N) is 3. The van der Waals surface area contributed by atoms with Gasteiger partial charge in [0.05, 0.1) is 17.8 Å². The fourth-order valence-electron chi connectivity index (χ4n) is 5.04. The molecule has 35 heavy (non-hydrogen) atoms. The van der Waals surface area contributed by atoms with Gasteiger partial charge in [0.25, 0.3) is 5.56 Å². The molecule has 0 spiro atoms. The highest BCUT2D eigenvalue weighted by Gasteiger charge is 2.46. The summed E-state index contributed by atoms with van der Waals surface area (Å²) in [6.07, 6.45) is 6.34. The van der Waals surface area contributed by atoms with Crippen LogP contribution in [0.2, 0.25) is 5.15 Å². The van der Waals surface area contributed by atoms with Crippen LogP contribution in [0.15, 0.2) is 53.6 Å². The minimum Gasteiger partial charge on any atom is -0.357 e. The average Bonchev–Trinajstić information content (AvgIpc) is 3.30. The van der Waals surface area contributed by atoms with Gasteiger partial charge in [-0.2, -0.15) is 0 Å². The Morgan fingerprint density at radius 2 is 2.14 bits per heavy atom. The first-order valence-corrected chi connectivity index (χ1v) is 12.2. The molecule has 4 aromatic rings. The minimum absolute atomic E-state index is 0.195. The van der Waals surface area contributed by atoms with Gasteiger partial charge in [-0.15, -0.1) is 0 Å². The van der Waals surface area contributed by atoms with E-state index in [0.29, 0.717) is 25.1 Å². The van der Waals surface area contributed by atoms with Crippen LogP contribution in [-0.4, -0.2) is 25.4 Å². The summed E-state index contributed by atoms with van der Waals surface area (Å²) >= 11 is 6.50. The maximum absolute atomic E-state index is 13.5. The number of rotatable bonds is 6. The molecular formula is C26H25ClN6O2. The highest BCUT2D eigenvalue weighted by molar-refractivity contribution is 6.30. The van der Waals surface area contributed by atoms with E-state index in [1.165, 1.54) is 4.57 Å². The fraction of sp³-hybridized carbons (Fsp3) is 0.308. The van der Waals surface area contributed by atoms with Crippen molar-refractivity contribution in [1.29, 1.82) is 0 Å². The third kappa shape index (κ3) is 3.87. The molecule has 1 aromatic carbocycles. The Kier molecular flexibility index (Phi) is 5.14. The monoisotopic (exact) mass is 488 g/mol. The number of nitrogens with one attached hydrogen (secondary N) is 3. The van der Waals surface area contributed by atoms with Crippen LogP contribution in [0.5, 0.6) is 0 Å². The predicted octanol–water partition coefficient (Wildman–Crippen LogP) is 3.99. The highest BCUT2D eigenvalue weighted by atomic mass is 35.5.